The van der Waals surface area contributed by atoms with Crippen LogP contribution in [-0.2, 0) is 6.42 Å². The van der Waals surface area contributed by atoms with Gasteiger partial charge >= 0.3 is 0 Å². The van der Waals surface area contributed by atoms with E-state index in [2.05, 4.69) is 29.2 Å². The van der Waals surface area contributed by atoms with Crippen molar-refractivity contribution in [3.05, 3.63) is 64.8 Å². The van der Waals surface area contributed by atoms with E-state index in [1.165, 1.54) is 27.6 Å². The molecule has 0 aliphatic heterocycles. The van der Waals surface area contributed by atoms with Crippen LogP contribution in [-0.4, -0.2) is 4.98 Å². The predicted molar refractivity (Wildman–Crippen MR) is 75.0 cm³/mol. The Kier molecular flexibility index (Phi) is 2.00. The van der Waals surface area contributed by atoms with Crippen molar-refractivity contribution < 1.29 is 0 Å². The highest BCUT2D eigenvalue weighted by atomic mass is 35.5. The lowest BCUT2D eigenvalue weighted by Crippen LogP contribution is -1.87. The number of hydrogen-bond donors (Lipinski definition) is 0. The zero-order valence-corrected chi connectivity index (χ0v) is 10.4. The fourth-order valence-corrected chi connectivity index (χ4v) is 3.05. The summed E-state index contributed by atoms with van der Waals surface area (Å²) < 4.78 is 0. The summed E-state index contributed by atoms with van der Waals surface area (Å²) in [5, 5.41) is 2.05. The van der Waals surface area contributed by atoms with Gasteiger partial charge in [-0.3, -0.25) is 4.98 Å². The van der Waals surface area contributed by atoms with Crippen LogP contribution < -0.4 is 0 Å². The lowest BCUT2D eigenvalue weighted by Gasteiger charge is -2.04. The predicted octanol–water partition coefficient (Wildman–Crippen LogP) is 4.46. The maximum absolute atomic E-state index is 6.29. The number of halogens is 1. The molecule has 0 saturated heterocycles. The summed E-state index contributed by atoms with van der Waals surface area (Å²) in [4.78, 5) is 4.52. The van der Waals surface area contributed by atoms with Gasteiger partial charge in [-0.2, -0.15) is 0 Å². The van der Waals surface area contributed by atoms with E-state index in [0.717, 1.165) is 17.0 Å². The van der Waals surface area contributed by atoms with Crippen LogP contribution in [0.25, 0.3) is 22.0 Å². The van der Waals surface area contributed by atoms with Crippen molar-refractivity contribution in [2.24, 2.45) is 0 Å². The first kappa shape index (κ1) is 10.1. The molecule has 0 spiro atoms. The monoisotopic (exact) mass is 251 g/mol. The largest absolute Gasteiger partial charge is 0.256 e. The highest BCUT2D eigenvalue weighted by Gasteiger charge is 2.22. The average Bonchev–Trinajstić information content (AvgIpc) is 2.79. The minimum absolute atomic E-state index is 0.854. The van der Waals surface area contributed by atoms with Gasteiger partial charge in [0.05, 0.1) is 5.52 Å². The highest BCUT2D eigenvalue weighted by molar-refractivity contribution is 6.32. The Labute approximate surface area is 110 Å². The first-order valence-electron chi connectivity index (χ1n) is 5.99. The molecule has 2 aromatic carbocycles. The van der Waals surface area contributed by atoms with Gasteiger partial charge in [0.2, 0.25) is 0 Å². The van der Waals surface area contributed by atoms with E-state index < -0.39 is 0 Å². The zero-order valence-electron chi connectivity index (χ0n) is 9.65. The third-order valence-corrected chi connectivity index (χ3v) is 4.00. The molecular weight excluding hydrogens is 242 g/mol. The van der Waals surface area contributed by atoms with Crippen LogP contribution in [0.2, 0.25) is 5.02 Å². The first-order chi connectivity index (χ1) is 8.84. The van der Waals surface area contributed by atoms with E-state index >= 15 is 0 Å². The Hall–Kier alpha value is -1.86. The van der Waals surface area contributed by atoms with E-state index in [1.54, 1.807) is 0 Å². The molecule has 1 heterocycles. The molecule has 1 aliphatic carbocycles. The number of benzene rings is 2. The normalized spacial score (nSPS) is 12.5. The Morgan fingerprint density at radius 1 is 0.889 bits per heavy atom. The maximum Gasteiger partial charge on any atom is 0.0743 e. The summed E-state index contributed by atoms with van der Waals surface area (Å²) in [7, 11) is 0. The Morgan fingerprint density at radius 3 is 2.72 bits per heavy atom. The molecule has 86 valence electrons. The molecule has 1 nitrogen and oxygen atoms in total. The molecule has 0 fully saturated rings. The second-order valence-electron chi connectivity index (χ2n) is 4.61. The van der Waals surface area contributed by atoms with Crippen LogP contribution >= 0.6 is 11.6 Å². The zero-order chi connectivity index (χ0) is 12.1. The lowest BCUT2D eigenvalue weighted by molar-refractivity contribution is 1.26. The van der Waals surface area contributed by atoms with Gasteiger partial charge in [-0.05, 0) is 34.4 Å². The minimum Gasteiger partial charge on any atom is -0.256 e. The van der Waals surface area contributed by atoms with E-state index in [4.69, 9.17) is 11.6 Å². The van der Waals surface area contributed by atoms with Gasteiger partial charge in [0.25, 0.3) is 0 Å². The Bertz CT molecular complexity index is 777. The van der Waals surface area contributed by atoms with Crippen LogP contribution in [0, 0.1) is 0 Å². The SMILES string of the molecule is Clc1cccc2c1Cc1c-2ccc2cccnc12. The van der Waals surface area contributed by atoms with Gasteiger partial charge in [0, 0.05) is 23.0 Å². The Morgan fingerprint density at radius 2 is 1.78 bits per heavy atom. The summed E-state index contributed by atoms with van der Waals surface area (Å²) >= 11 is 6.29. The number of aromatic nitrogens is 1. The van der Waals surface area contributed by atoms with Gasteiger partial charge < -0.3 is 0 Å². The smallest absolute Gasteiger partial charge is 0.0743 e. The van der Waals surface area contributed by atoms with Crippen LogP contribution in [0.1, 0.15) is 11.1 Å². The number of fused-ring (bicyclic) bond motifs is 5. The van der Waals surface area contributed by atoms with Crippen molar-refractivity contribution in [3.8, 4) is 11.1 Å². The Balaban J connectivity index is 2.10. The lowest BCUT2D eigenvalue weighted by atomic mass is 10.0. The molecular formula is C16H10ClN. The molecule has 1 aromatic heterocycles. The van der Waals surface area contributed by atoms with Crippen molar-refractivity contribution >= 4 is 22.5 Å². The standard InChI is InChI=1S/C16H10ClN/c17-15-5-1-4-11-12-7-6-10-3-2-8-18-16(10)14(12)9-13(11)15/h1-8H,9H2. The molecule has 0 bridgehead atoms. The number of nitrogens with zero attached hydrogens (tertiary/aromatic N) is 1. The summed E-state index contributed by atoms with van der Waals surface area (Å²) in [5.41, 5.74) is 6.16. The second kappa shape index (κ2) is 3.56. The summed E-state index contributed by atoms with van der Waals surface area (Å²) in [6.45, 7) is 0. The van der Waals surface area contributed by atoms with Gasteiger partial charge in [-0.25, -0.2) is 0 Å². The summed E-state index contributed by atoms with van der Waals surface area (Å²) in [6.07, 6.45) is 2.74. The van der Waals surface area contributed by atoms with Gasteiger partial charge in [-0.1, -0.05) is 41.9 Å². The molecule has 0 radical (unpaired) electrons. The molecule has 3 aromatic rings. The molecule has 0 saturated carbocycles. The molecule has 18 heavy (non-hydrogen) atoms. The first-order valence-corrected chi connectivity index (χ1v) is 6.37. The van der Waals surface area contributed by atoms with Crippen LogP contribution in [0.5, 0.6) is 0 Å². The second-order valence-corrected chi connectivity index (χ2v) is 5.02. The fraction of sp³-hybridized carbons (Fsp3) is 0.0625. The van der Waals surface area contributed by atoms with Crippen molar-refractivity contribution in [3.63, 3.8) is 0 Å². The van der Waals surface area contributed by atoms with Crippen molar-refractivity contribution in [2.45, 2.75) is 6.42 Å². The van der Waals surface area contributed by atoms with E-state index in [1.807, 2.05) is 24.4 Å². The number of rotatable bonds is 0. The number of pyridine rings is 1. The van der Waals surface area contributed by atoms with E-state index in [0.29, 0.717) is 0 Å². The van der Waals surface area contributed by atoms with Crippen molar-refractivity contribution in [1.82, 2.24) is 4.98 Å². The highest BCUT2D eigenvalue weighted by Crippen LogP contribution is 2.42. The van der Waals surface area contributed by atoms with Crippen molar-refractivity contribution in [2.75, 3.05) is 0 Å². The summed E-state index contributed by atoms with van der Waals surface area (Å²) in [5.74, 6) is 0. The number of hydrogen-bond acceptors (Lipinski definition) is 1. The topological polar surface area (TPSA) is 12.9 Å². The van der Waals surface area contributed by atoms with Gasteiger partial charge in [0.1, 0.15) is 0 Å². The molecule has 4 rings (SSSR count). The van der Waals surface area contributed by atoms with Gasteiger partial charge in [0.15, 0.2) is 0 Å². The minimum atomic E-state index is 0.854. The van der Waals surface area contributed by atoms with Crippen LogP contribution in [0.4, 0.5) is 0 Å². The molecule has 0 unspecified atom stereocenters. The van der Waals surface area contributed by atoms with E-state index in [9.17, 15) is 0 Å². The average molecular weight is 252 g/mol. The molecule has 0 atom stereocenters. The molecule has 0 N–H and O–H groups in total. The maximum atomic E-state index is 6.29. The third-order valence-electron chi connectivity index (χ3n) is 3.64. The van der Waals surface area contributed by atoms with Crippen LogP contribution in [0.3, 0.4) is 0 Å². The van der Waals surface area contributed by atoms with Gasteiger partial charge in [-0.15, -0.1) is 0 Å². The fourth-order valence-electron chi connectivity index (χ4n) is 2.80. The molecule has 1 aliphatic rings. The van der Waals surface area contributed by atoms with E-state index in [-0.39, 0.29) is 0 Å². The molecule has 2 heteroatoms. The third kappa shape index (κ3) is 1.25. The van der Waals surface area contributed by atoms with Crippen molar-refractivity contribution in [1.29, 1.82) is 0 Å². The summed E-state index contributed by atoms with van der Waals surface area (Å²) in [6, 6.07) is 14.5. The van der Waals surface area contributed by atoms with Crippen LogP contribution in [0.15, 0.2) is 48.7 Å². The quantitative estimate of drug-likeness (QED) is 0.450. The molecule has 0 amide bonds.